The summed E-state index contributed by atoms with van der Waals surface area (Å²) in [5.41, 5.74) is 0. The number of amides is 1. The number of carbonyl (C=O) groups is 1. The van der Waals surface area contributed by atoms with Crippen molar-refractivity contribution in [3.63, 3.8) is 0 Å². The molecular weight excluding hydrogens is 140 g/mol. The number of aromatic amines is 2. The predicted molar refractivity (Wildman–Crippen MR) is 33.5 cm³/mol. The van der Waals surface area contributed by atoms with Crippen LogP contribution in [0.1, 0.15) is 0 Å². The van der Waals surface area contributed by atoms with Gasteiger partial charge in [-0.3, -0.25) is 20.3 Å². The fraction of sp³-hybridized carbons (Fsp3) is 0. The van der Waals surface area contributed by atoms with Crippen LogP contribution in [0.15, 0.2) is 0 Å². The normalized spacial score (nSPS) is 8.89. The summed E-state index contributed by atoms with van der Waals surface area (Å²) in [5.74, 6) is 0.329. The fourth-order valence-electron chi connectivity index (χ4n) is 0.394. The Morgan fingerprint density at radius 1 is 1.67 bits per heavy atom. The van der Waals surface area contributed by atoms with E-state index in [-0.39, 0.29) is 0 Å². The quantitative estimate of drug-likeness (QED) is 0.405. The number of H-pyrrole nitrogens is 2. The van der Waals surface area contributed by atoms with Gasteiger partial charge in [-0.1, -0.05) is 0 Å². The zero-order chi connectivity index (χ0) is 6.69. The molecule has 0 aliphatic carbocycles. The Morgan fingerprint density at radius 2 is 2.44 bits per heavy atom. The van der Waals surface area contributed by atoms with E-state index in [1.807, 2.05) is 0 Å². The van der Waals surface area contributed by atoms with Gasteiger partial charge in [-0.25, -0.2) is 0 Å². The molecule has 0 atom stereocenters. The molecule has 9 heavy (non-hydrogen) atoms. The van der Waals surface area contributed by atoms with Gasteiger partial charge in [0.05, 0.1) is 0 Å². The van der Waals surface area contributed by atoms with Crippen molar-refractivity contribution in [1.29, 1.82) is 0 Å². The average molecular weight is 144 g/mol. The fourth-order valence-corrected chi connectivity index (χ4v) is 0.537. The highest BCUT2D eigenvalue weighted by atomic mass is 32.1. The standard InChI is InChI=1S/C3H4N4OS/c8-1-4-2-5-3(9)7-6-2/h1H,(H3,4,5,6,7,8,9). The minimum absolute atomic E-state index is 0.319. The molecule has 1 rings (SSSR count). The molecule has 1 amide bonds. The molecule has 0 spiro atoms. The Hall–Kier alpha value is -1.17. The van der Waals surface area contributed by atoms with E-state index in [2.05, 4.69) is 32.7 Å². The SMILES string of the molecule is O=CNc1nc(=S)[nH][nH]1. The summed E-state index contributed by atoms with van der Waals surface area (Å²) < 4.78 is 0.319. The maximum absolute atomic E-state index is 9.76. The van der Waals surface area contributed by atoms with Gasteiger partial charge < -0.3 is 0 Å². The predicted octanol–water partition coefficient (Wildman–Crippen LogP) is 0.0356. The van der Waals surface area contributed by atoms with E-state index in [1.54, 1.807) is 0 Å². The van der Waals surface area contributed by atoms with Crippen LogP contribution < -0.4 is 5.32 Å². The lowest BCUT2D eigenvalue weighted by Gasteiger charge is -1.83. The number of rotatable bonds is 2. The smallest absolute Gasteiger partial charge is 0.224 e. The van der Waals surface area contributed by atoms with Crippen molar-refractivity contribution < 1.29 is 4.79 Å². The van der Waals surface area contributed by atoms with E-state index < -0.39 is 0 Å². The van der Waals surface area contributed by atoms with E-state index in [9.17, 15) is 4.79 Å². The Bertz CT molecular complexity index is 250. The van der Waals surface area contributed by atoms with Gasteiger partial charge in [-0.15, -0.1) is 0 Å². The Morgan fingerprint density at radius 3 is 2.89 bits per heavy atom. The molecule has 0 radical (unpaired) electrons. The van der Waals surface area contributed by atoms with E-state index in [4.69, 9.17) is 0 Å². The zero-order valence-electron chi connectivity index (χ0n) is 4.34. The van der Waals surface area contributed by atoms with Gasteiger partial charge >= 0.3 is 0 Å². The monoisotopic (exact) mass is 144 g/mol. The highest BCUT2D eigenvalue weighted by Crippen LogP contribution is 1.89. The van der Waals surface area contributed by atoms with Gasteiger partial charge in [0.2, 0.25) is 17.1 Å². The van der Waals surface area contributed by atoms with Crippen molar-refractivity contribution in [2.75, 3.05) is 5.32 Å². The van der Waals surface area contributed by atoms with Crippen molar-refractivity contribution in [3.8, 4) is 0 Å². The Balaban J connectivity index is 2.84. The second kappa shape index (κ2) is 2.40. The van der Waals surface area contributed by atoms with Crippen LogP contribution in [0.4, 0.5) is 5.95 Å². The van der Waals surface area contributed by atoms with Crippen LogP contribution in [-0.4, -0.2) is 21.6 Å². The maximum atomic E-state index is 9.76. The lowest BCUT2D eigenvalue weighted by molar-refractivity contribution is -0.105. The van der Waals surface area contributed by atoms with Crippen LogP contribution >= 0.6 is 12.2 Å². The largest absolute Gasteiger partial charge is 0.298 e. The Kier molecular flexibility index (Phi) is 1.59. The molecule has 3 N–H and O–H groups in total. The van der Waals surface area contributed by atoms with Crippen molar-refractivity contribution in [1.82, 2.24) is 15.2 Å². The average Bonchev–Trinajstić information content (AvgIpc) is 2.17. The van der Waals surface area contributed by atoms with Crippen molar-refractivity contribution in [2.24, 2.45) is 0 Å². The lowest BCUT2D eigenvalue weighted by Crippen LogP contribution is -1.94. The zero-order valence-corrected chi connectivity index (χ0v) is 5.16. The van der Waals surface area contributed by atoms with Gasteiger partial charge in [0.25, 0.3) is 0 Å². The summed E-state index contributed by atoms with van der Waals surface area (Å²) in [7, 11) is 0. The first-order valence-corrected chi connectivity index (χ1v) is 2.58. The van der Waals surface area contributed by atoms with Gasteiger partial charge in [0.1, 0.15) is 0 Å². The van der Waals surface area contributed by atoms with Crippen LogP contribution in [0.5, 0.6) is 0 Å². The first-order valence-electron chi connectivity index (χ1n) is 2.18. The van der Waals surface area contributed by atoms with Crippen LogP contribution in [0.25, 0.3) is 0 Å². The molecule has 1 aromatic heterocycles. The molecule has 0 saturated carbocycles. The molecule has 6 heteroatoms. The number of nitrogens with one attached hydrogen (secondary N) is 3. The van der Waals surface area contributed by atoms with E-state index >= 15 is 0 Å². The number of carbonyl (C=O) groups excluding carboxylic acids is 1. The van der Waals surface area contributed by atoms with Crippen molar-refractivity contribution >= 4 is 24.6 Å². The molecule has 1 heterocycles. The second-order valence-corrected chi connectivity index (χ2v) is 1.66. The summed E-state index contributed by atoms with van der Waals surface area (Å²) in [6.45, 7) is 0. The summed E-state index contributed by atoms with van der Waals surface area (Å²) >= 11 is 4.59. The van der Waals surface area contributed by atoms with Crippen LogP contribution in [0.2, 0.25) is 0 Å². The molecule has 48 valence electrons. The maximum Gasteiger partial charge on any atom is 0.224 e. The molecule has 0 aromatic carbocycles. The third-order valence-electron chi connectivity index (χ3n) is 0.697. The molecule has 0 bridgehead atoms. The molecule has 0 saturated heterocycles. The van der Waals surface area contributed by atoms with E-state index in [0.29, 0.717) is 17.1 Å². The number of nitrogens with zero attached hydrogens (tertiary/aromatic N) is 1. The molecule has 0 unspecified atom stereocenters. The minimum atomic E-state index is 0.319. The second-order valence-electron chi connectivity index (χ2n) is 1.28. The van der Waals surface area contributed by atoms with Gasteiger partial charge in [0, 0.05) is 0 Å². The van der Waals surface area contributed by atoms with E-state index in [1.165, 1.54) is 0 Å². The first kappa shape index (κ1) is 5.96. The number of aromatic nitrogens is 3. The minimum Gasteiger partial charge on any atom is -0.298 e. The van der Waals surface area contributed by atoms with Crippen molar-refractivity contribution in [3.05, 3.63) is 4.77 Å². The Labute approximate surface area is 55.5 Å². The van der Waals surface area contributed by atoms with Crippen LogP contribution in [0.3, 0.4) is 0 Å². The lowest BCUT2D eigenvalue weighted by atomic mass is 11.0. The van der Waals surface area contributed by atoms with Crippen LogP contribution in [-0.2, 0) is 4.79 Å². The number of anilines is 1. The van der Waals surface area contributed by atoms with Crippen LogP contribution in [0, 0.1) is 4.77 Å². The number of hydrogen-bond acceptors (Lipinski definition) is 3. The topological polar surface area (TPSA) is 73.6 Å². The van der Waals surface area contributed by atoms with Gasteiger partial charge in [-0.2, -0.15) is 4.98 Å². The summed E-state index contributed by atoms with van der Waals surface area (Å²) in [5, 5.41) is 7.32. The molecular formula is C3H4N4OS. The molecule has 1 aromatic rings. The van der Waals surface area contributed by atoms with Gasteiger partial charge in [-0.05, 0) is 12.2 Å². The highest BCUT2D eigenvalue weighted by molar-refractivity contribution is 7.71. The summed E-state index contributed by atoms with van der Waals surface area (Å²) in [4.78, 5) is 13.4. The van der Waals surface area contributed by atoms with Crippen molar-refractivity contribution in [2.45, 2.75) is 0 Å². The third kappa shape index (κ3) is 1.36. The van der Waals surface area contributed by atoms with E-state index in [0.717, 1.165) is 0 Å². The van der Waals surface area contributed by atoms with Gasteiger partial charge in [0.15, 0.2) is 0 Å². The number of hydrogen-bond donors (Lipinski definition) is 3. The first-order chi connectivity index (χ1) is 4.33. The molecule has 0 aliphatic rings. The third-order valence-corrected chi connectivity index (χ3v) is 0.890. The molecule has 0 fully saturated rings. The summed E-state index contributed by atoms with van der Waals surface area (Å²) in [6, 6.07) is 0. The summed E-state index contributed by atoms with van der Waals surface area (Å²) in [6.07, 6.45) is 0.515. The highest BCUT2D eigenvalue weighted by Gasteiger charge is 1.88. The molecule has 0 aliphatic heterocycles. The molecule has 5 nitrogen and oxygen atoms in total.